The van der Waals surface area contributed by atoms with Crippen molar-refractivity contribution >= 4 is 88.0 Å². The van der Waals surface area contributed by atoms with Crippen LogP contribution in [0.15, 0.2) is 54.6 Å². The SMILES string of the molecule is CC[C@@H]1[C@@H]2CN(C(=O)[C@H](C(C)(C)C)NC(=O)O[C@@H]3CC4CC4[C@H]3CCCC3CC3c3nc4ccc(OC)cc4nc3O2)[C@@H]1[C-]=O.COc1ccc2nc3c(nc2c1)O[C@H]1CN(C(=O)[C@H](C(C)(C)C)NC(=O)O[C@@H]2C[C@H]2CCCC2CC32)[C@H]([C-]=O)[C@@H]1C.COc1ccc2nc3c(nc2c1)O[C@H]1CN(C(=O)[C@H](C(C)(C)C)NC(=O)O[C@]2(C)C[C@H]2CCCC2CC32)[C@H]([C-]=O)[C@@H]1C.[V].[V].[V]. The Bertz CT molecular complexity index is 5290. The van der Waals surface area contributed by atoms with Crippen molar-refractivity contribution in [3.05, 3.63) is 71.7 Å². The molecule has 3 N–H and O–H groups in total. The Morgan fingerprint density at radius 3 is 1.19 bits per heavy atom. The van der Waals surface area contributed by atoms with Crippen LogP contribution in [0.25, 0.3) is 33.1 Å². The van der Waals surface area contributed by atoms with Crippen molar-refractivity contribution in [3.8, 4) is 34.9 Å². The van der Waals surface area contributed by atoms with Crippen molar-refractivity contribution in [2.45, 2.75) is 289 Å². The van der Waals surface area contributed by atoms with Gasteiger partial charge in [0.2, 0.25) is 35.4 Å². The van der Waals surface area contributed by atoms with Crippen LogP contribution in [0, 0.1) is 81.3 Å². The molecule has 8 unspecified atom stereocenters. The number of hydrogen-bond acceptors (Lipinski definition) is 24. The van der Waals surface area contributed by atoms with E-state index in [0.717, 1.165) is 130 Å². The summed E-state index contributed by atoms with van der Waals surface area (Å²) >= 11 is 0. The number of carbonyl (C=O) groups is 6. The second-order valence-electron chi connectivity index (χ2n) is 42.2. The van der Waals surface area contributed by atoms with Crippen molar-refractivity contribution < 1.29 is 141 Å². The Balaban J connectivity index is 0.000000157. The van der Waals surface area contributed by atoms with Gasteiger partial charge in [-0.25, -0.2) is 63.1 Å². The standard InChI is InChI=1S/C35H45N4O6.C32H41N4O6.C31H39N4O6.3V/c1-6-21-27(17-40)39-16-29(21)44-32-30(36-25-11-10-20(43-5)15-26(25)37-32)24-12-18(24)8-7-9-22-23-13-19(23)14-28(22)45-34(42)38-31(33(39)41)35(2,3)4;1-17-24(16-37)36-15-25(17)41-28-26(33-22-11-10-20(40-6)13-23(22)34-28)21-12-18(21)8-7-9-19-14-32(19,5)42-30(39)35-27(29(36)38)31(2,3)4;1-16-23(15-36)35-14-25(16)40-28-26(32-21-10-9-19(39-5)13-22(21)33-28)20-11-17(20)7-6-8-18-12-24(18)41-30(38)34-27(29(35)37)31(2,3)4;;;/h10-11,15,18-19,21-24,27-29,31H,6-9,12-14,16H2,1-5H3,(H,38,42);10-11,13,17-19,21,24-25,27H,7-9,12,14-15H2,1-6H3,(H,35,39);9-10,13,16-18,20,23-25,27H,6-8,11-12,14H2,1-5H3,(H,34,38);;;/q3*-1;;;/t18?,19?,21-,22+,23?,24?,27+,28+,29-,31+;17-,18?,19+,21?,24+,25-,27+,32+;16-,17?,18+,20?,23+,24+,25-,27+;;;/m000.../s1. The minimum Gasteiger partial charge on any atom is -0.540 e. The fourth-order valence-corrected chi connectivity index (χ4v) is 21.7. The van der Waals surface area contributed by atoms with Crippen LogP contribution < -0.4 is 44.4 Å². The molecule has 131 heavy (non-hydrogen) atoms. The fraction of sp³-hybridized carbons (Fsp3) is 0.663. The molecule has 3 aromatic heterocycles. The van der Waals surface area contributed by atoms with Gasteiger partial charge in [0.15, 0.2) is 0 Å². The van der Waals surface area contributed by atoms with E-state index in [0.29, 0.717) is 105 Å². The Morgan fingerprint density at radius 1 is 0.420 bits per heavy atom. The molecule has 6 aromatic rings. The van der Waals surface area contributed by atoms with Crippen LogP contribution in [0.1, 0.15) is 234 Å². The number of amides is 6. The quantitative estimate of drug-likeness (QED) is 0.0987. The van der Waals surface area contributed by atoms with Crippen molar-refractivity contribution in [2.75, 3.05) is 41.0 Å². The number of fused-ring (bicyclic) bond motifs is 23. The number of methoxy groups -OCH3 is 3. The van der Waals surface area contributed by atoms with Crippen molar-refractivity contribution in [2.24, 2.45) is 81.3 Å². The largest absolute Gasteiger partial charge is 0.540 e. The molecule has 703 valence electrons. The number of carbonyl (C=O) groups excluding carboxylic acids is 9. The van der Waals surface area contributed by atoms with Gasteiger partial charge in [0.05, 0.1) is 74.1 Å². The van der Waals surface area contributed by atoms with Gasteiger partial charge in [-0.05, 0) is 202 Å². The van der Waals surface area contributed by atoms with Gasteiger partial charge in [0, 0.05) is 97.5 Å². The first kappa shape index (κ1) is 98.5. The first-order valence-corrected chi connectivity index (χ1v) is 46.6. The minimum absolute atomic E-state index is 0. The van der Waals surface area contributed by atoms with Crippen LogP contribution in [0.4, 0.5) is 14.4 Å². The number of rotatable bonds is 7. The topological polar surface area (TPSA) is 360 Å². The molecule has 6 aliphatic heterocycles. The van der Waals surface area contributed by atoms with E-state index in [1.54, 1.807) is 21.3 Å². The predicted octanol–water partition coefficient (Wildman–Crippen LogP) is 13.9. The molecule has 7 saturated carbocycles. The average molecular weight is 1910 g/mol. The molecule has 26 atom stereocenters. The van der Waals surface area contributed by atoms with Gasteiger partial charge in [-0.1, -0.05) is 127 Å². The average Bonchev–Trinajstić information content (AvgIpc) is 1.60. The molecular formula is C98H125N12O18V3-3. The van der Waals surface area contributed by atoms with E-state index >= 15 is 0 Å². The first-order valence-electron chi connectivity index (χ1n) is 46.6. The Labute approximate surface area is 802 Å². The summed E-state index contributed by atoms with van der Waals surface area (Å²) in [5.41, 5.74) is 4.46. The maximum atomic E-state index is 14.2. The molecule has 19 rings (SSSR count). The van der Waals surface area contributed by atoms with Crippen LogP contribution >= 0.6 is 0 Å². The van der Waals surface area contributed by atoms with E-state index < -0.39 is 94.7 Å². The number of benzene rings is 3. The van der Waals surface area contributed by atoms with Gasteiger partial charge in [-0.15, -0.1) is 0 Å². The molecule has 13 aliphatic rings. The van der Waals surface area contributed by atoms with Gasteiger partial charge < -0.3 is 87.7 Å². The number of hydrogen-bond donors (Lipinski definition) is 3. The molecule has 33 heteroatoms. The summed E-state index contributed by atoms with van der Waals surface area (Å²) in [7, 11) is 4.84. The van der Waals surface area contributed by atoms with Gasteiger partial charge in [-0.3, -0.25) is 14.4 Å². The molecular weight excluding hydrogens is 1790 g/mol. The second-order valence-corrected chi connectivity index (χ2v) is 42.2. The summed E-state index contributed by atoms with van der Waals surface area (Å²) in [6, 6.07) is 11.8. The van der Waals surface area contributed by atoms with Gasteiger partial charge >= 0.3 is 18.3 Å². The monoisotopic (exact) mass is 1910 g/mol. The first-order chi connectivity index (χ1) is 61.1. The smallest absolute Gasteiger partial charge is 0.408 e. The normalized spacial score (nSPS) is 34.2. The molecule has 6 bridgehead atoms. The van der Waals surface area contributed by atoms with Crippen LogP contribution in [0.2, 0.25) is 0 Å². The van der Waals surface area contributed by atoms with Crippen LogP contribution in [0.3, 0.4) is 0 Å². The number of aromatic nitrogens is 6. The van der Waals surface area contributed by atoms with E-state index in [1.807, 2.05) is 145 Å². The van der Waals surface area contributed by atoms with Gasteiger partial charge in [0.25, 0.3) is 0 Å². The Hall–Kier alpha value is -8.54. The molecule has 3 radical (unpaired) electrons. The third kappa shape index (κ3) is 20.8. The fourth-order valence-electron chi connectivity index (χ4n) is 21.7. The number of ether oxygens (including phenoxy) is 9. The molecule has 3 aromatic carbocycles. The Morgan fingerprint density at radius 2 is 0.786 bits per heavy atom. The summed E-state index contributed by atoms with van der Waals surface area (Å²) in [6.07, 6.45) is 19.6. The van der Waals surface area contributed by atoms with E-state index in [-0.39, 0.29) is 141 Å². The summed E-state index contributed by atoms with van der Waals surface area (Å²) in [5, 5.41) is 8.57. The van der Waals surface area contributed by atoms with Crippen molar-refractivity contribution in [1.29, 1.82) is 0 Å². The maximum Gasteiger partial charge on any atom is 0.408 e. The molecule has 6 amide bonds. The van der Waals surface area contributed by atoms with Crippen molar-refractivity contribution in [3.63, 3.8) is 0 Å². The Kier molecular flexibility index (Phi) is 29.3. The molecule has 9 heterocycles. The van der Waals surface area contributed by atoms with E-state index in [2.05, 4.69) is 34.8 Å². The summed E-state index contributed by atoms with van der Waals surface area (Å²) in [5.74, 6) is 5.82. The van der Waals surface area contributed by atoms with Gasteiger partial charge in [-0.2, -0.15) is 0 Å². The van der Waals surface area contributed by atoms with Crippen LogP contribution in [-0.2, 0) is 98.6 Å². The van der Waals surface area contributed by atoms with E-state index in [4.69, 9.17) is 72.5 Å². The molecule has 0 spiro atoms. The predicted molar refractivity (Wildman–Crippen MR) is 472 cm³/mol. The third-order valence-corrected chi connectivity index (χ3v) is 30.2. The van der Waals surface area contributed by atoms with E-state index in [9.17, 15) is 43.2 Å². The van der Waals surface area contributed by atoms with E-state index in [1.165, 1.54) is 21.1 Å². The van der Waals surface area contributed by atoms with Crippen LogP contribution in [-0.4, -0.2) is 213 Å². The molecule has 3 saturated heterocycles. The zero-order valence-electron chi connectivity index (χ0n) is 78.0. The summed E-state index contributed by atoms with van der Waals surface area (Å²) in [4.78, 5) is 153. The molecule has 7 aliphatic carbocycles. The number of nitrogens with zero attached hydrogens (tertiary/aromatic N) is 9. The number of nitrogens with one attached hydrogen (secondary N) is 3. The van der Waals surface area contributed by atoms with Crippen LogP contribution in [0.5, 0.6) is 34.9 Å². The minimum atomic E-state index is -0.901. The third-order valence-electron chi connectivity index (χ3n) is 30.2. The second kappa shape index (κ2) is 39.0. The zero-order valence-corrected chi connectivity index (χ0v) is 82.2. The molecule has 10 fully saturated rings. The number of alkyl carbamates (subject to hydrolysis) is 3. The van der Waals surface area contributed by atoms with Crippen molar-refractivity contribution in [1.82, 2.24) is 60.6 Å². The maximum absolute atomic E-state index is 14.2. The molecule has 30 nitrogen and oxygen atoms in total. The summed E-state index contributed by atoms with van der Waals surface area (Å²) < 4.78 is 53.8. The van der Waals surface area contributed by atoms with Gasteiger partial charge in [0.1, 0.15) is 88.6 Å². The zero-order chi connectivity index (χ0) is 90.6. The summed E-state index contributed by atoms with van der Waals surface area (Å²) in [6.45, 7) is 25.3.